The van der Waals surface area contributed by atoms with E-state index in [2.05, 4.69) is 37.5 Å². The van der Waals surface area contributed by atoms with Crippen LogP contribution in [0.15, 0.2) is 0 Å². The van der Waals surface area contributed by atoms with Gasteiger partial charge in [0.2, 0.25) is 0 Å². The lowest BCUT2D eigenvalue weighted by molar-refractivity contribution is -0.173. The molecule has 0 aromatic heterocycles. The van der Waals surface area contributed by atoms with Gasteiger partial charge < -0.3 is 0 Å². The average Bonchev–Trinajstić information content (AvgIpc) is 2.25. The molecule has 3 heteroatoms. The Hall–Kier alpha value is -0.150. The smallest absolute Gasteiger partial charge is 0.131 e. The number of likely N-dealkylation sites (tertiary alicyclic amines) is 2. The molecular weight excluding hydrogens is 227 g/mol. The van der Waals surface area contributed by atoms with Crippen LogP contribution in [0.25, 0.3) is 0 Å². The highest BCUT2D eigenvalue weighted by Crippen LogP contribution is 2.51. The van der Waals surface area contributed by atoms with E-state index in [4.69, 9.17) is 0 Å². The highest BCUT2D eigenvalue weighted by Gasteiger charge is 2.60. The van der Waals surface area contributed by atoms with Crippen LogP contribution >= 0.6 is 0 Å². The van der Waals surface area contributed by atoms with E-state index in [0.717, 1.165) is 26.1 Å². The molecule has 2 aliphatic heterocycles. The fourth-order valence-electron chi connectivity index (χ4n) is 3.62. The minimum Gasteiger partial charge on any atom is -0.299 e. The molecule has 106 valence electrons. The monoisotopic (exact) mass is 256 g/mol. The maximum absolute atomic E-state index is 15.4. The van der Waals surface area contributed by atoms with Crippen molar-refractivity contribution in [2.75, 3.05) is 26.2 Å². The number of nitrogens with zero attached hydrogens (tertiary/aromatic N) is 2. The molecule has 2 nitrogen and oxygen atoms in total. The lowest BCUT2D eigenvalue weighted by Crippen LogP contribution is -2.72. The fourth-order valence-corrected chi connectivity index (χ4v) is 3.62. The zero-order valence-corrected chi connectivity index (χ0v) is 12.7. The quantitative estimate of drug-likeness (QED) is 0.766. The van der Waals surface area contributed by atoms with Crippen LogP contribution in [0.2, 0.25) is 0 Å². The first-order chi connectivity index (χ1) is 8.33. The summed E-state index contributed by atoms with van der Waals surface area (Å²) < 4.78 is 15.4. The topological polar surface area (TPSA) is 6.48 Å². The van der Waals surface area contributed by atoms with Crippen LogP contribution in [0.1, 0.15) is 47.5 Å². The molecule has 0 radical (unpaired) electrons. The molecule has 0 saturated carbocycles. The van der Waals surface area contributed by atoms with Crippen LogP contribution in [-0.4, -0.2) is 53.7 Å². The van der Waals surface area contributed by atoms with Crippen molar-refractivity contribution in [3.63, 3.8) is 0 Å². The Morgan fingerprint density at radius 3 is 2.00 bits per heavy atom. The first kappa shape index (κ1) is 14.3. The Balaban J connectivity index is 2.09. The van der Waals surface area contributed by atoms with Crippen LogP contribution in [0.3, 0.4) is 0 Å². The van der Waals surface area contributed by atoms with E-state index in [1.54, 1.807) is 0 Å². The summed E-state index contributed by atoms with van der Waals surface area (Å²) in [4.78, 5) is 4.72. The van der Waals surface area contributed by atoms with E-state index in [1.165, 1.54) is 0 Å². The van der Waals surface area contributed by atoms with Gasteiger partial charge in [-0.2, -0.15) is 0 Å². The van der Waals surface area contributed by atoms with Crippen LogP contribution in [0, 0.1) is 5.41 Å². The van der Waals surface area contributed by atoms with Gasteiger partial charge in [-0.25, -0.2) is 4.39 Å². The number of piperidine rings is 1. The van der Waals surface area contributed by atoms with E-state index in [1.807, 2.05) is 6.92 Å². The SMILES string of the molecule is CCC1(F)CN(C(C)C)CCC12CN(C(C)C)C2. The Kier molecular flexibility index (Phi) is 3.76. The Labute approximate surface area is 112 Å². The fraction of sp³-hybridized carbons (Fsp3) is 1.00. The van der Waals surface area contributed by atoms with Gasteiger partial charge in [-0.05, 0) is 47.1 Å². The summed E-state index contributed by atoms with van der Waals surface area (Å²) in [6, 6.07) is 1.02. The zero-order valence-electron chi connectivity index (χ0n) is 12.7. The predicted octanol–water partition coefficient (Wildman–Crippen LogP) is 2.93. The van der Waals surface area contributed by atoms with Crippen LogP contribution < -0.4 is 0 Å². The molecule has 0 bridgehead atoms. The summed E-state index contributed by atoms with van der Waals surface area (Å²) in [7, 11) is 0. The molecule has 2 rings (SSSR count). The molecule has 2 saturated heterocycles. The molecular formula is C15H29FN2. The summed E-state index contributed by atoms with van der Waals surface area (Å²) in [6.07, 6.45) is 1.68. The Morgan fingerprint density at radius 1 is 1.00 bits per heavy atom. The third-order valence-corrected chi connectivity index (χ3v) is 5.31. The van der Waals surface area contributed by atoms with Gasteiger partial charge in [0.15, 0.2) is 0 Å². The minimum atomic E-state index is -0.985. The second-order valence-corrected chi connectivity index (χ2v) is 6.91. The van der Waals surface area contributed by atoms with Gasteiger partial charge in [0.1, 0.15) is 5.67 Å². The van der Waals surface area contributed by atoms with Crippen molar-refractivity contribution < 1.29 is 4.39 Å². The highest BCUT2D eigenvalue weighted by molar-refractivity contribution is 5.12. The normalized spacial score (nSPS) is 33.3. The van der Waals surface area contributed by atoms with Crippen molar-refractivity contribution in [3.05, 3.63) is 0 Å². The molecule has 2 heterocycles. The first-order valence-electron chi connectivity index (χ1n) is 7.50. The molecule has 0 amide bonds. The second-order valence-electron chi connectivity index (χ2n) is 6.91. The standard InChI is InChI=1S/C15H29FN2/c1-6-15(16)11-17(12(2)3)8-7-14(15)9-18(10-14)13(4)5/h12-13H,6-11H2,1-5H3. The van der Waals surface area contributed by atoms with Gasteiger partial charge in [-0.1, -0.05) is 6.92 Å². The molecule has 0 aromatic rings. The van der Waals surface area contributed by atoms with Crippen molar-refractivity contribution in [1.29, 1.82) is 0 Å². The molecule has 0 aliphatic carbocycles. The number of hydrogen-bond donors (Lipinski definition) is 0. The first-order valence-corrected chi connectivity index (χ1v) is 7.50. The average molecular weight is 256 g/mol. The van der Waals surface area contributed by atoms with Gasteiger partial charge in [0.25, 0.3) is 0 Å². The second kappa shape index (κ2) is 4.75. The van der Waals surface area contributed by atoms with Gasteiger partial charge in [-0.15, -0.1) is 0 Å². The third kappa shape index (κ3) is 2.09. The summed E-state index contributed by atoms with van der Waals surface area (Å²) in [6.45, 7) is 14.4. The van der Waals surface area contributed by atoms with Gasteiger partial charge in [0, 0.05) is 37.1 Å². The third-order valence-electron chi connectivity index (χ3n) is 5.31. The molecule has 1 unspecified atom stereocenters. The van der Waals surface area contributed by atoms with E-state index >= 15 is 4.39 Å². The van der Waals surface area contributed by atoms with E-state index in [9.17, 15) is 0 Å². The molecule has 2 aliphatic rings. The highest BCUT2D eigenvalue weighted by atomic mass is 19.1. The van der Waals surface area contributed by atoms with Gasteiger partial charge in [0.05, 0.1) is 0 Å². The molecule has 18 heavy (non-hydrogen) atoms. The number of hydrogen-bond acceptors (Lipinski definition) is 2. The zero-order chi connectivity index (χ0) is 13.6. The largest absolute Gasteiger partial charge is 0.299 e. The van der Waals surface area contributed by atoms with E-state index < -0.39 is 5.67 Å². The lowest BCUT2D eigenvalue weighted by Gasteiger charge is -2.62. The Morgan fingerprint density at radius 2 is 1.56 bits per heavy atom. The predicted molar refractivity (Wildman–Crippen MR) is 74.6 cm³/mol. The van der Waals surface area contributed by atoms with Crippen molar-refractivity contribution in [3.8, 4) is 0 Å². The molecule has 2 fully saturated rings. The van der Waals surface area contributed by atoms with Crippen molar-refractivity contribution in [1.82, 2.24) is 9.80 Å². The van der Waals surface area contributed by atoms with Crippen LogP contribution in [-0.2, 0) is 0 Å². The minimum absolute atomic E-state index is 0.0581. The summed E-state index contributed by atoms with van der Waals surface area (Å²) in [5, 5.41) is 0. The molecule has 1 spiro atoms. The summed E-state index contributed by atoms with van der Waals surface area (Å²) in [5.41, 5.74) is -1.04. The van der Waals surface area contributed by atoms with Crippen LogP contribution in [0.5, 0.6) is 0 Å². The van der Waals surface area contributed by atoms with Crippen LogP contribution in [0.4, 0.5) is 4.39 Å². The molecule has 0 N–H and O–H groups in total. The summed E-state index contributed by atoms with van der Waals surface area (Å²) >= 11 is 0. The van der Waals surface area contributed by atoms with Crippen molar-refractivity contribution in [2.24, 2.45) is 5.41 Å². The number of rotatable bonds is 3. The van der Waals surface area contributed by atoms with E-state index in [0.29, 0.717) is 25.0 Å². The van der Waals surface area contributed by atoms with Gasteiger partial charge >= 0.3 is 0 Å². The Bertz CT molecular complexity index is 297. The molecule has 0 aromatic carbocycles. The lowest BCUT2D eigenvalue weighted by atomic mass is 9.61. The number of alkyl halides is 1. The molecule has 1 atom stereocenters. The van der Waals surface area contributed by atoms with E-state index in [-0.39, 0.29) is 5.41 Å². The van der Waals surface area contributed by atoms with Crippen molar-refractivity contribution >= 4 is 0 Å². The maximum atomic E-state index is 15.4. The van der Waals surface area contributed by atoms with Crippen molar-refractivity contribution in [2.45, 2.75) is 65.2 Å². The summed E-state index contributed by atoms with van der Waals surface area (Å²) in [5.74, 6) is 0. The van der Waals surface area contributed by atoms with Gasteiger partial charge in [-0.3, -0.25) is 9.80 Å². The maximum Gasteiger partial charge on any atom is 0.131 e. The number of halogens is 1.